The lowest BCUT2D eigenvalue weighted by Crippen LogP contribution is -2.26. The van der Waals surface area contributed by atoms with Crippen LogP contribution in [0, 0.1) is 10.1 Å². The molecule has 0 saturated heterocycles. The Labute approximate surface area is 148 Å². The van der Waals surface area contributed by atoms with Crippen molar-refractivity contribution >= 4 is 17.6 Å². The third kappa shape index (κ3) is 6.23. The molecule has 2 aromatic rings. The molecule has 0 fully saturated rings. The van der Waals surface area contributed by atoms with Gasteiger partial charge in [-0.15, -0.1) is 0 Å². The number of rotatable bonds is 10. The maximum absolute atomic E-state index is 11.8. The van der Waals surface area contributed by atoms with Gasteiger partial charge in [0.15, 0.2) is 6.61 Å². The van der Waals surface area contributed by atoms with E-state index in [0.29, 0.717) is 18.7 Å². The second kappa shape index (κ2) is 9.16. The molecule has 2 rings (SSSR count). The largest absolute Gasteiger partial charge is 0.482 e. The summed E-state index contributed by atoms with van der Waals surface area (Å²) < 4.78 is 6.39. The molecule has 0 radical (unpaired) electrons. The topological polar surface area (TPSA) is 137 Å². The summed E-state index contributed by atoms with van der Waals surface area (Å²) in [6, 6.07) is 6.94. The Morgan fingerprint density at radius 3 is 2.65 bits per heavy atom. The van der Waals surface area contributed by atoms with E-state index in [1.165, 1.54) is 10.9 Å². The maximum atomic E-state index is 11.8. The van der Waals surface area contributed by atoms with Crippen LogP contribution in [-0.4, -0.2) is 44.8 Å². The number of nitrogens with one attached hydrogen (secondary N) is 1. The summed E-state index contributed by atoms with van der Waals surface area (Å²) in [4.78, 5) is 32.2. The fourth-order valence-corrected chi connectivity index (χ4v) is 2.12. The summed E-state index contributed by atoms with van der Waals surface area (Å²) in [6.07, 6.45) is 3.20. The first kappa shape index (κ1) is 18.9. The average Bonchev–Trinajstić information content (AvgIpc) is 3.08. The molecule has 0 aliphatic heterocycles. The van der Waals surface area contributed by atoms with Gasteiger partial charge in [0, 0.05) is 19.5 Å². The van der Waals surface area contributed by atoms with E-state index in [9.17, 15) is 19.7 Å². The van der Waals surface area contributed by atoms with Crippen LogP contribution in [0.1, 0.15) is 12.0 Å². The summed E-state index contributed by atoms with van der Waals surface area (Å²) in [5.41, 5.74) is 0.858. The van der Waals surface area contributed by atoms with Crippen molar-refractivity contribution in [2.45, 2.75) is 19.4 Å². The van der Waals surface area contributed by atoms with Crippen molar-refractivity contribution in [3.8, 4) is 5.75 Å². The molecule has 138 valence electrons. The molecule has 1 heterocycles. The van der Waals surface area contributed by atoms with Crippen molar-refractivity contribution in [2.24, 2.45) is 0 Å². The average molecular weight is 362 g/mol. The molecular weight excluding hydrogens is 344 g/mol. The summed E-state index contributed by atoms with van der Waals surface area (Å²) in [5, 5.41) is 25.7. The Morgan fingerprint density at radius 2 is 2.04 bits per heavy atom. The third-order valence-electron chi connectivity index (χ3n) is 3.42. The molecule has 0 bridgehead atoms. The van der Waals surface area contributed by atoms with E-state index in [1.54, 1.807) is 24.3 Å². The summed E-state index contributed by atoms with van der Waals surface area (Å²) >= 11 is 0. The van der Waals surface area contributed by atoms with Gasteiger partial charge < -0.3 is 15.2 Å². The highest BCUT2D eigenvalue weighted by Gasteiger charge is 2.09. The molecule has 0 aliphatic carbocycles. The van der Waals surface area contributed by atoms with E-state index in [1.807, 2.05) is 0 Å². The van der Waals surface area contributed by atoms with Crippen molar-refractivity contribution in [2.75, 3.05) is 13.2 Å². The minimum Gasteiger partial charge on any atom is -0.482 e. The lowest BCUT2D eigenvalue weighted by molar-refractivity contribution is -0.385. The molecule has 10 nitrogen and oxygen atoms in total. The van der Waals surface area contributed by atoms with E-state index in [2.05, 4.69) is 10.4 Å². The number of hydrogen-bond donors (Lipinski definition) is 2. The number of ether oxygens (including phenoxy) is 1. The van der Waals surface area contributed by atoms with Crippen molar-refractivity contribution in [1.29, 1.82) is 0 Å². The monoisotopic (exact) mass is 362 g/mol. The number of hydrogen-bond acceptors (Lipinski definition) is 6. The lowest BCUT2D eigenvalue weighted by atomic mass is 10.1. The summed E-state index contributed by atoms with van der Waals surface area (Å²) in [5.74, 6) is -0.750. The van der Waals surface area contributed by atoms with Crippen molar-refractivity contribution < 1.29 is 24.4 Å². The number of aryl methyl sites for hydroxylation is 1. The summed E-state index contributed by atoms with van der Waals surface area (Å²) in [7, 11) is 0. The van der Waals surface area contributed by atoms with Crippen LogP contribution in [0.3, 0.4) is 0 Å². The minimum atomic E-state index is -1.04. The number of aromatic nitrogens is 2. The number of nitrogens with zero attached hydrogens (tertiary/aromatic N) is 3. The number of carboxylic acids is 1. The number of benzene rings is 1. The van der Waals surface area contributed by atoms with Gasteiger partial charge in [0.25, 0.3) is 0 Å². The Kier molecular flexibility index (Phi) is 6.66. The Balaban J connectivity index is 1.67. The number of amides is 1. The number of aliphatic carboxylic acids is 1. The van der Waals surface area contributed by atoms with Gasteiger partial charge in [0.05, 0.1) is 4.92 Å². The van der Waals surface area contributed by atoms with Crippen LogP contribution in [0.2, 0.25) is 0 Å². The van der Waals surface area contributed by atoms with Crippen LogP contribution in [0.25, 0.3) is 0 Å². The Bertz CT molecular complexity index is 771. The van der Waals surface area contributed by atoms with Crippen molar-refractivity contribution in [3.63, 3.8) is 0 Å². The molecule has 1 aromatic heterocycles. The van der Waals surface area contributed by atoms with Gasteiger partial charge in [-0.1, -0.05) is 12.1 Å². The number of carbonyl (C=O) groups is 2. The fourth-order valence-electron chi connectivity index (χ4n) is 2.12. The molecule has 0 spiro atoms. The zero-order chi connectivity index (χ0) is 18.9. The summed E-state index contributed by atoms with van der Waals surface area (Å²) in [6.45, 7) is 0.303. The van der Waals surface area contributed by atoms with Gasteiger partial charge in [-0.2, -0.15) is 5.10 Å². The molecular formula is C16H18N4O6. The van der Waals surface area contributed by atoms with Crippen LogP contribution >= 0.6 is 0 Å². The second-order valence-electron chi connectivity index (χ2n) is 5.40. The number of carboxylic acid groups (broad SMARTS) is 1. The Morgan fingerprint density at radius 1 is 1.31 bits per heavy atom. The van der Waals surface area contributed by atoms with Crippen LogP contribution in [-0.2, 0) is 22.6 Å². The normalized spacial score (nSPS) is 10.3. The van der Waals surface area contributed by atoms with Gasteiger partial charge in [0.2, 0.25) is 5.91 Å². The standard InChI is InChI=1S/C16H18N4O6/c21-15(6-8-19-10-13(9-18-19)20(24)25)17-7-5-12-1-3-14(4-2-12)26-11-16(22)23/h1-4,9-10H,5-8,11H2,(H,17,21)(H,22,23). The predicted octanol–water partition coefficient (Wildman–Crippen LogP) is 1.00. The van der Waals surface area contributed by atoms with Gasteiger partial charge in [0.1, 0.15) is 18.1 Å². The minimum absolute atomic E-state index is 0.110. The highest BCUT2D eigenvalue weighted by molar-refractivity contribution is 5.75. The van der Waals surface area contributed by atoms with E-state index in [0.717, 1.165) is 11.8 Å². The highest BCUT2D eigenvalue weighted by atomic mass is 16.6. The van der Waals surface area contributed by atoms with Gasteiger partial charge >= 0.3 is 11.7 Å². The maximum Gasteiger partial charge on any atom is 0.341 e. The van der Waals surface area contributed by atoms with Gasteiger partial charge in [-0.05, 0) is 24.1 Å². The first-order chi connectivity index (χ1) is 12.4. The molecule has 0 aliphatic rings. The van der Waals surface area contributed by atoms with Crippen LogP contribution in [0.15, 0.2) is 36.7 Å². The van der Waals surface area contributed by atoms with Crippen molar-refractivity contribution in [3.05, 3.63) is 52.3 Å². The molecule has 10 heteroatoms. The molecule has 1 amide bonds. The predicted molar refractivity (Wildman–Crippen MR) is 89.8 cm³/mol. The zero-order valence-corrected chi connectivity index (χ0v) is 13.8. The van der Waals surface area contributed by atoms with Gasteiger partial charge in [-0.25, -0.2) is 4.79 Å². The highest BCUT2D eigenvalue weighted by Crippen LogP contribution is 2.12. The number of nitro groups is 1. The SMILES string of the molecule is O=C(O)COc1ccc(CCNC(=O)CCn2cc([N+](=O)[O-])cn2)cc1. The first-order valence-electron chi connectivity index (χ1n) is 7.81. The quantitative estimate of drug-likeness (QED) is 0.475. The number of carbonyl (C=O) groups excluding carboxylic acids is 1. The molecule has 0 saturated carbocycles. The van der Waals surface area contributed by atoms with E-state index in [-0.39, 0.29) is 24.6 Å². The van der Waals surface area contributed by atoms with Crippen LogP contribution in [0.4, 0.5) is 5.69 Å². The molecule has 1 aromatic carbocycles. The second-order valence-corrected chi connectivity index (χ2v) is 5.40. The van der Waals surface area contributed by atoms with Crippen LogP contribution in [0.5, 0.6) is 5.75 Å². The van der Waals surface area contributed by atoms with Gasteiger partial charge in [-0.3, -0.25) is 19.6 Å². The molecule has 0 atom stereocenters. The van der Waals surface area contributed by atoms with Crippen molar-refractivity contribution in [1.82, 2.24) is 15.1 Å². The molecule has 2 N–H and O–H groups in total. The van der Waals surface area contributed by atoms with E-state index < -0.39 is 17.5 Å². The lowest BCUT2D eigenvalue weighted by Gasteiger charge is -2.07. The molecule has 26 heavy (non-hydrogen) atoms. The zero-order valence-electron chi connectivity index (χ0n) is 13.8. The first-order valence-corrected chi connectivity index (χ1v) is 7.81. The Hall–Kier alpha value is -3.43. The fraction of sp³-hybridized carbons (Fsp3) is 0.312. The molecule has 0 unspecified atom stereocenters. The van der Waals surface area contributed by atoms with E-state index >= 15 is 0 Å². The third-order valence-corrected chi connectivity index (χ3v) is 3.42. The van der Waals surface area contributed by atoms with E-state index in [4.69, 9.17) is 9.84 Å². The smallest absolute Gasteiger partial charge is 0.341 e. The van der Waals surface area contributed by atoms with Crippen LogP contribution < -0.4 is 10.1 Å².